The Kier molecular flexibility index (Phi) is 7.72. The molecule has 10 heteroatoms. The number of hydrogen-bond acceptors (Lipinski definition) is 5. The summed E-state index contributed by atoms with van der Waals surface area (Å²) in [5, 5.41) is -4.46. The van der Waals surface area contributed by atoms with Gasteiger partial charge in [0.2, 0.25) is 0 Å². The summed E-state index contributed by atoms with van der Waals surface area (Å²) >= 11 is 0. The van der Waals surface area contributed by atoms with Crippen LogP contribution in [0.15, 0.2) is 93.5 Å². The molecule has 0 amide bonds. The molecule has 192 valence electrons. The number of rotatable bonds is 8. The van der Waals surface area contributed by atoms with Gasteiger partial charge in [0.25, 0.3) is 0 Å². The fourth-order valence-corrected chi connectivity index (χ4v) is 6.39. The van der Waals surface area contributed by atoms with E-state index in [9.17, 15) is 17.2 Å². The number of hydrogen-bond donors (Lipinski definition) is 1. The zero-order valence-electron chi connectivity index (χ0n) is 19.8. The quantitative estimate of drug-likeness (QED) is 0.296. The summed E-state index contributed by atoms with van der Waals surface area (Å²) in [6, 6.07) is 24.2. The predicted octanol–water partition coefficient (Wildman–Crippen LogP) is 5.64. The summed E-state index contributed by atoms with van der Waals surface area (Å²) in [5.41, 5.74) is 0.890. The van der Waals surface area contributed by atoms with E-state index in [1.165, 1.54) is 6.07 Å². The Morgan fingerprint density at radius 2 is 1.53 bits per heavy atom. The third kappa shape index (κ3) is 5.57. The summed E-state index contributed by atoms with van der Waals surface area (Å²) in [6.07, 6.45) is -1.25. The first-order valence-electron chi connectivity index (χ1n) is 11.3. The van der Waals surface area contributed by atoms with Gasteiger partial charge in [0.05, 0.1) is 24.1 Å². The Morgan fingerprint density at radius 1 is 0.944 bits per heavy atom. The molecule has 1 heterocycles. The molecule has 0 spiro atoms. The van der Waals surface area contributed by atoms with Gasteiger partial charge in [-0.1, -0.05) is 24.3 Å². The van der Waals surface area contributed by atoms with E-state index in [2.05, 4.69) is 0 Å². The van der Waals surface area contributed by atoms with Crippen LogP contribution in [0.2, 0.25) is 0 Å². The van der Waals surface area contributed by atoms with Gasteiger partial charge in [0.15, 0.2) is 26.6 Å². The van der Waals surface area contributed by atoms with Crippen molar-refractivity contribution in [3.8, 4) is 5.75 Å². The Bertz CT molecular complexity index is 1280. The second-order valence-corrected chi connectivity index (χ2v) is 11.9. The summed E-state index contributed by atoms with van der Waals surface area (Å²) in [5.74, 6) is -0.755. The van der Waals surface area contributed by atoms with Crippen LogP contribution in [0, 0.1) is 0 Å². The molecule has 2 atom stereocenters. The van der Waals surface area contributed by atoms with Crippen LogP contribution < -0.4 is 4.74 Å². The molecule has 1 fully saturated rings. The fourth-order valence-electron chi connectivity index (χ4n) is 3.82. The molecule has 3 aromatic rings. The van der Waals surface area contributed by atoms with E-state index >= 15 is 0 Å². The monoisotopic (exact) mass is 537 g/mol. The van der Waals surface area contributed by atoms with Gasteiger partial charge in [-0.05, 0) is 68.8 Å². The van der Waals surface area contributed by atoms with Gasteiger partial charge in [-0.2, -0.15) is 17.2 Å². The Morgan fingerprint density at radius 3 is 2.14 bits per heavy atom. The van der Waals surface area contributed by atoms with Crippen LogP contribution >= 0.6 is 0 Å². The number of halogens is 2. The van der Waals surface area contributed by atoms with Crippen LogP contribution in [0.1, 0.15) is 25.8 Å². The van der Waals surface area contributed by atoms with Crippen LogP contribution in [0.3, 0.4) is 0 Å². The lowest BCUT2D eigenvalue weighted by molar-refractivity contribution is -0.264. The molecule has 6 nitrogen and oxygen atoms in total. The number of benzene rings is 3. The second kappa shape index (κ2) is 10.5. The van der Waals surface area contributed by atoms with E-state index in [1.807, 2.05) is 67.6 Å². The molecular weight excluding hydrogens is 510 g/mol. The highest BCUT2D eigenvalue weighted by atomic mass is 32.2. The summed E-state index contributed by atoms with van der Waals surface area (Å²) in [7, 11) is -6.25. The lowest BCUT2D eigenvalue weighted by Crippen LogP contribution is -2.42. The maximum Gasteiger partial charge on any atom is 0.405 e. The highest BCUT2D eigenvalue weighted by molar-refractivity contribution is 7.97. The van der Waals surface area contributed by atoms with Crippen LogP contribution in [0.25, 0.3) is 0 Å². The molecule has 0 bridgehead atoms. The SMILES string of the molecule is CC(Oc1cccc([S+](c2ccccc2)c2ccc(C3(C)OCCCO3)cc2)c1)C(F)(F)S(=O)(=O)O. The van der Waals surface area contributed by atoms with E-state index < -0.39 is 38.2 Å². The summed E-state index contributed by atoms with van der Waals surface area (Å²) < 4.78 is 76.2. The fraction of sp³-hybridized carbons (Fsp3) is 0.308. The Balaban J connectivity index is 1.68. The highest BCUT2D eigenvalue weighted by Crippen LogP contribution is 2.36. The van der Waals surface area contributed by atoms with Crippen LogP contribution in [0.5, 0.6) is 5.75 Å². The molecule has 1 saturated heterocycles. The minimum atomic E-state index is -5.63. The molecule has 36 heavy (non-hydrogen) atoms. The first-order valence-corrected chi connectivity index (χ1v) is 14.0. The van der Waals surface area contributed by atoms with Crippen molar-refractivity contribution in [2.45, 2.75) is 52.1 Å². The van der Waals surface area contributed by atoms with E-state index in [0.29, 0.717) is 13.2 Å². The van der Waals surface area contributed by atoms with Gasteiger partial charge in [0, 0.05) is 11.6 Å². The van der Waals surface area contributed by atoms with Gasteiger partial charge in [-0.3, -0.25) is 4.55 Å². The predicted molar refractivity (Wildman–Crippen MR) is 132 cm³/mol. The van der Waals surface area contributed by atoms with Crippen molar-refractivity contribution < 1.29 is 36.0 Å². The van der Waals surface area contributed by atoms with Crippen molar-refractivity contribution in [2.75, 3.05) is 13.2 Å². The third-order valence-electron chi connectivity index (χ3n) is 5.81. The van der Waals surface area contributed by atoms with Gasteiger partial charge in [-0.15, -0.1) is 0 Å². The van der Waals surface area contributed by atoms with Crippen molar-refractivity contribution in [2.24, 2.45) is 0 Å². The molecule has 0 saturated carbocycles. The molecular formula is C26H27F2O6S2+. The average molecular weight is 538 g/mol. The average Bonchev–Trinajstić information content (AvgIpc) is 2.85. The van der Waals surface area contributed by atoms with Crippen LogP contribution in [-0.4, -0.2) is 37.5 Å². The second-order valence-electron chi connectivity index (χ2n) is 8.41. The minimum absolute atomic E-state index is 0.0601. The molecule has 0 aromatic heterocycles. The first kappa shape index (κ1) is 26.6. The van der Waals surface area contributed by atoms with Crippen LogP contribution in [0.4, 0.5) is 8.78 Å². The van der Waals surface area contributed by atoms with E-state index in [0.717, 1.165) is 33.6 Å². The molecule has 1 N–H and O–H groups in total. The van der Waals surface area contributed by atoms with Crippen molar-refractivity contribution in [3.05, 3.63) is 84.4 Å². The van der Waals surface area contributed by atoms with E-state index in [-0.39, 0.29) is 5.75 Å². The largest absolute Gasteiger partial charge is 0.483 e. The normalized spacial score (nSPS) is 17.8. The zero-order valence-corrected chi connectivity index (χ0v) is 21.4. The molecule has 2 unspecified atom stereocenters. The lowest BCUT2D eigenvalue weighted by atomic mass is 10.1. The topological polar surface area (TPSA) is 82.1 Å². The lowest BCUT2D eigenvalue weighted by Gasteiger charge is -2.34. The zero-order chi connectivity index (χ0) is 26.0. The van der Waals surface area contributed by atoms with Gasteiger partial charge in [0.1, 0.15) is 5.75 Å². The van der Waals surface area contributed by atoms with Crippen molar-refractivity contribution in [1.82, 2.24) is 0 Å². The van der Waals surface area contributed by atoms with Gasteiger partial charge in [-0.25, -0.2) is 0 Å². The maximum atomic E-state index is 14.0. The van der Waals surface area contributed by atoms with Gasteiger partial charge < -0.3 is 14.2 Å². The Labute approximate surface area is 212 Å². The smallest absolute Gasteiger partial charge is 0.405 e. The highest BCUT2D eigenvalue weighted by Gasteiger charge is 2.51. The minimum Gasteiger partial charge on any atom is -0.483 e. The van der Waals surface area contributed by atoms with Gasteiger partial charge >= 0.3 is 15.4 Å². The van der Waals surface area contributed by atoms with Crippen molar-refractivity contribution >= 4 is 21.0 Å². The van der Waals surface area contributed by atoms with Crippen LogP contribution in [-0.2, 0) is 36.3 Å². The van der Waals surface area contributed by atoms with Crippen molar-refractivity contribution in [3.63, 3.8) is 0 Å². The standard InChI is InChI=1S/C26H26F2O6S2/c1-19(26(27,28)36(29,30)31)34-21-8-6-11-24(18-21)35(22-9-4-3-5-10-22)23-14-12-20(13-15-23)25(2)32-16-7-17-33-25/h3-6,8-15,18-19H,7,16-17H2,1-2H3/p+1. The van der Waals surface area contributed by atoms with E-state index in [1.54, 1.807) is 12.1 Å². The molecule has 4 rings (SSSR count). The number of ether oxygens (including phenoxy) is 3. The molecule has 0 radical (unpaired) electrons. The molecule has 1 aliphatic heterocycles. The molecule has 3 aromatic carbocycles. The summed E-state index contributed by atoms with van der Waals surface area (Å²) in [6.45, 7) is 4.03. The van der Waals surface area contributed by atoms with Crippen molar-refractivity contribution in [1.29, 1.82) is 0 Å². The third-order valence-corrected chi connectivity index (χ3v) is 9.04. The molecule has 1 aliphatic rings. The summed E-state index contributed by atoms with van der Waals surface area (Å²) in [4.78, 5) is 2.75. The number of alkyl halides is 2. The maximum absolute atomic E-state index is 14.0. The van der Waals surface area contributed by atoms with E-state index in [4.69, 9.17) is 18.8 Å². The molecule has 0 aliphatic carbocycles. The Hall–Kier alpha value is -2.50. The first-order chi connectivity index (χ1) is 17.0.